The lowest BCUT2D eigenvalue weighted by Gasteiger charge is -2.13. The van der Waals surface area contributed by atoms with Crippen molar-refractivity contribution in [3.63, 3.8) is 0 Å². The van der Waals surface area contributed by atoms with Crippen LogP contribution in [0, 0.1) is 0 Å². The molecule has 3 nitrogen and oxygen atoms in total. The minimum Gasteiger partial charge on any atom is -0.478 e. The third-order valence-electron chi connectivity index (χ3n) is 2.56. The lowest BCUT2D eigenvalue weighted by molar-refractivity contribution is 0.0697. The molecule has 0 aromatic heterocycles. The number of aromatic carboxylic acids is 1. The van der Waals surface area contributed by atoms with E-state index in [2.05, 4.69) is 6.92 Å². The summed E-state index contributed by atoms with van der Waals surface area (Å²) in [7, 11) is 0. The Hall–Kier alpha value is -1.06. The highest BCUT2D eigenvalue weighted by Gasteiger charge is 2.04. The van der Waals surface area contributed by atoms with Gasteiger partial charge in [-0.1, -0.05) is 31.9 Å². The lowest BCUT2D eigenvalue weighted by atomic mass is 10.1. The zero-order valence-corrected chi connectivity index (χ0v) is 10.8. The lowest BCUT2D eigenvalue weighted by Crippen LogP contribution is -2.13. The molecule has 0 amide bonds. The normalized spacial score (nSPS) is 10.8. The number of unbranched alkanes of at least 4 members (excludes halogenated alkanes) is 2. The van der Waals surface area contributed by atoms with Gasteiger partial charge in [0.2, 0.25) is 0 Å². The monoisotopic (exact) mass is 255 g/mol. The maximum atomic E-state index is 10.7. The van der Waals surface area contributed by atoms with E-state index in [0.717, 1.165) is 18.5 Å². The Labute approximate surface area is 107 Å². The van der Waals surface area contributed by atoms with Crippen molar-refractivity contribution in [3.8, 4) is 0 Å². The number of hydrogen-bond acceptors (Lipinski definition) is 2. The van der Waals surface area contributed by atoms with E-state index in [1.807, 2.05) is 0 Å². The number of benzene rings is 1. The van der Waals surface area contributed by atoms with Gasteiger partial charge >= 0.3 is 5.97 Å². The average molecular weight is 256 g/mol. The van der Waals surface area contributed by atoms with E-state index >= 15 is 0 Å². The molecule has 1 aromatic rings. The Morgan fingerprint density at radius 3 is 2.47 bits per heavy atom. The standard InChI is InChI=1S/C13H18ClNO2/c1-2-3-4-9-15(14)10-11-5-7-12(8-6-11)13(16)17/h5-8H,2-4,9-10H2,1H3,(H,16,17). The van der Waals surface area contributed by atoms with Crippen molar-refractivity contribution in [2.75, 3.05) is 6.54 Å². The molecule has 0 aliphatic rings. The third-order valence-corrected chi connectivity index (χ3v) is 2.85. The van der Waals surface area contributed by atoms with Crippen LogP contribution in [0.15, 0.2) is 24.3 Å². The van der Waals surface area contributed by atoms with Gasteiger partial charge in [0.1, 0.15) is 0 Å². The van der Waals surface area contributed by atoms with Crippen molar-refractivity contribution in [2.24, 2.45) is 0 Å². The van der Waals surface area contributed by atoms with Gasteiger partial charge in [0.25, 0.3) is 0 Å². The second-order valence-electron chi connectivity index (χ2n) is 4.05. The molecule has 1 rings (SSSR count). The summed E-state index contributed by atoms with van der Waals surface area (Å²) in [4.78, 5) is 10.7. The van der Waals surface area contributed by atoms with Gasteiger partial charge in [-0.3, -0.25) is 0 Å². The molecule has 0 heterocycles. The first-order valence-corrected chi connectivity index (χ1v) is 6.20. The van der Waals surface area contributed by atoms with Crippen LogP contribution in [0.3, 0.4) is 0 Å². The zero-order valence-electron chi connectivity index (χ0n) is 10.0. The number of carboxylic acid groups (broad SMARTS) is 1. The van der Waals surface area contributed by atoms with Gasteiger partial charge < -0.3 is 5.11 Å². The molecule has 94 valence electrons. The highest BCUT2D eigenvalue weighted by molar-refractivity contribution is 6.13. The first-order chi connectivity index (χ1) is 8.13. The topological polar surface area (TPSA) is 40.5 Å². The summed E-state index contributed by atoms with van der Waals surface area (Å²) < 4.78 is 1.74. The molecule has 0 atom stereocenters. The SMILES string of the molecule is CCCCCN(Cl)Cc1ccc(C(=O)O)cc1. The molecule has 0 spiro atoms. The summed E-state index contributed by atoms with van der Waals surface area (Å²) in [5.41, 5.74) is 1.34. The fourth-order valence-corrected chi connectivity index (χ4v) is 1.82. The molecule has 0 saturated heterocycles. The Bertz CT molecular complexity index is 351. The van der Waals surface area contributed by atoms with Crippen LogP contribution in [0.25, 0.3) is 0 Å². The molecule has 1 N–H and O–H groups in total. The van der Waals surface area contributed by atoms with Crippen LogP contribution >= 0.6 is 11.8 Å². The molecule has 17 heavy (non-hydrogen) atoms. The molecule has 0 unspecified atom stereocenters. The second kappa shape index (κ2) is 7.30. The van der Waals surface area contributed by atoms with Gasteiger partial charge in [-0.15, -0.1) is 0 Å². The zero-order chi connectivity index (χ0) is 12.7. The highest BCUT2D eigenvalue weighted by Crippen LogP contribution is 2.10. The fourth-order valence-electron chi connectivity index (χ4n) is 1.56. The van der Waals surface area contributed by atoms with E-state index in [0.29, 0.717) is 12.1 Å². The number of carboxylic acids is 1. The molecule has 0 saturated carbocycles. The minimum absolute atomic E-state index is 0.306. The molecule has 0 radical (unpaired) electrons. The summed E-state index contributed by atoms with van der Waals surface area (Å²) in [6.07, 6.45) is 3.45. The quantitative estimate of drug-likeness (QED) is 0.599. The summed E-state index contributed by atoms with van der Waals surface area (Å²) in [5, 5.41) is 8.76. The van der Waals surface area contributed by atoms with Crippen molar-refractivity contribution < 1.29 is 9.90 Å². The van der Waals surface area contributed by atoms with Crippen molar-refractivity contribution in [2.45, 2.75) is 32.7 Å². The van der Waals surface area contributed by atoms with Crippen LogP contribution in [0.5, 0.6) is 0 Å². The van der Waals surface area contributed by atoms with E-state index < -0.39 is 5.97 Å². The number of halogens is 1. The van der Waals surface area contributed by atoms with Gasteiger partial charge in [0, 0.05) is 13.1 Å². The molecule has 0 bridgehead atoms. The van der Waals surface area contributed by atoms with E-state index in [9.17, 15) is 4.79 Å². The van der Waals surface area contributed by atoms with Crippen LogP contribution in [0.4, 0.5) is 0 Å². The van der Waals surface area contributed by atoms with Gasteiger partial charge in [0.05, 0.1) is 5.56 Å². The minimum atomic E-state index is -0.901. The maximum Gasteiger partial charge on any atom is 0.335 e. The van der Waals surface area contributed by atoms with Crippen molar-refractivity contribution >= 4 is 17.7 Å². The number of carbonyl (C=O) groups is 1. The largest absolute Gasteiger partial charge is 0.478 e. The van der Waals surface area contributed by atoms with Crippen LogP contribution in [0.2, 0.25) is 0 Å². The molecule has 4 heteroatoms. The molecular weight excluding hydrogens is 238 g/mol. The molecule has 0 aliphatic carbocycles. The van der Waals surface area contributed by atoms with Gasteiger partial charge in [-0.2, -0.15) is 0 Å². The maximum absolute atomic E-state index is 10.7. The fraction of sp³-hybridized carbons (Fsp3) is 0.462. The molecule has 0 fully saturated rings. The van der Waals surface area contributed by atoms with E-state index in [1.54, 1.807) is 28.7 Å². The molecular formula is C13H18ClNO2. The molecule has 0 aliphatic heterocycles. The van der Waals surface area contributed by atoms with Gasteiger partial charge in [-0.05, 0) is 35.9 Å². The van der Waals surface area contributed by atoms with Crippen molar-refractivity contribution in [1.29, 1.82) is 0 Å². The number of rotatable bonds is 7. The summed E-state index contributed by atoms with van der Waals surface area (Å²) in [6, 6.07) is 6.82. The number of hydrogen-bond donors (Lipinski definition) is 1. The van der Waals surface area contributed by atoms with E-state index in [1.165, 1.54) is 12.8 Å². The van der Waals surface area contributed by atoms with Crippen molar-refractivity contribution in [1.82, 2.24) is 4.42 Å². The summed E-state index contributed by atoms with van der Waals surface area (Å²) in [6.45, 7) is 3.66. The van der Waals surface area contributed by atoms with Crippen LogP contribution in [-0.4, -0.2) is 22.0 Å². The van der Waals surface area contributed by atoms with E-state index in [4.69, 9.17) is 16.9 Å². The summed E-state index contributed by atoms with van der Waals surface area (Å²) in [5.74, 6) is -0.901. The van der Waals surface area contributed by atoms with E-state index in [-0.39, 0.29) is 0 Å². The number of nitrogens with zero attached hydrogens (tertiary/aromatic N) is 1. The Kier molecular flexibility index (Phi) is 6.01. The Morgan fingerprint density at radius 1 is 1.29 bits per heavy atom. The van der Waals surface area contributed by atoms with Crippen LogP contribution in [0.1, 0.15) is 42.1 Å². The first-order valence-electron chi connectivity index (χ1n) is 5.86. The van der Waals surface area contributed by atoms with Crippen LogP contribution < -0.4 is 0 Å². The highest BCUT2D eigenvalue weighted by atomic mass is 35.5. The van der Waals surface area contributed by atoms with Gasteiger partial charge in [0.15, 0.2) is 0 Å². The van der Waals surface area contributed by atoms with Gasteiger partial charge in [-0.25, -0.2) is 9.21 Å². The molecule has 1 aromatic carbocycles. The Morgan fingerprint density at radius 2 is 1.94 bits per heavy atom. The third kappa shape index (κ3) is 5.20. The predicted octanol–water partition coefficient (Wildman–Crippen LogP) is 3.53. The van der Waals surface area contributed by atoms with Crippen LogP contribution in [-0.2, 0) is 6.54 Å². The Balaban J connectivity index is 2.43. The first kappa shape index (κ1) is 14.0. The predicted molar refractivity (Wildman–Crippen MR) is 69.2 cm³/mol. The average Bonchev–Trinajstić information content (AvgIpc) is 2.30. The smallest absolute Gasteiger partial charge is 0.335 e. The second-order valence-corrected chi connectivity index (χ2v) is 4.53. The summed E-state index contributed by atoms with van der Waals surface area (Å²) >= 11 is 6.07. The van der Waals surface area contributed by atoms with Crippen molar-refractivity contribution in [3.05, 3.63) is 35.4 Å².